The van der Waals surface area contributed by atoms with Crippen molar-refractivity contribution in [3.05, 3.63) is 22.2 Å². The van der Waals surface area contributed by atoms with Crippen molar-refractivity contribution in [2.75, 3.05) is 11.9 Å². The van der Waals surface area contributed by atoms with Crippen LogP contribution in [-0.2, 0) is 13.0 Å². The SMILES string of the molecule is O=C(Nc1nc2c(s1)CNCC2)c1n[nH]c(C2CC2)n1. The third kappa shape index (κ3) is 2.20. The molecule has 7 nitrogen and oxygen atoms in total. The van der Waals surface area contributed by atoms with E-state index in [9.17, 15) is 4.79 Å². The monoisotopic (exact) mass is 290 g/mol. The first-order valence-electron chi connectivity index (χ1n) is 6.72. The minimum atomic E-state index is -0.299. The number of rotatable bonds is 3. The molecule has 3 heterocycles. The number of H-pyrrole nitrogens is 1. The van der Waals surface area contributed by atoms with Crippen molar-refractivity contribution < 1.29 is 4.79 Å². The van der Waals surface area contributed by atoms with E-state index in [2.05, 4.69) is 30.8 Å². The first-order chi connectivity index (χ1) is 9.79. The zero-order chi connectivity index (χ0) is 13.5. The summed E-state index contributed by atoms with van der Waals surface area (Å²) in [5, 5.41) is 13.5. The van der Waals surface area contributed by atoms with Gasteiger partial charge < -0.3 is 5.32 Å². The van der Waals surface area contributed by atoms with Crippen LogP contribution in [0.1, 0.15) is 45.8 Å². The Morgan fingerprint density at radius 3 is 3.05 bits per heavy atom. The van der Waals surface area contributed by atoms with Gasteiger partial charge in [0.1, 0.15) is 5.82 Å². The molecule has 1 aliphatic carbocycles. The molecule has 2 aromatic heterocycles. The van der Waals surface area contributed by atoms with Gasteiger partial charge >= 0.3 is 0 Å². The summed E-state index contributed by atoms with van der Waals surface area (Å²) in [6.07, 6.45) is 3.17. The highest BCUT2D eigenvalue weighted by Gasteiger charge is 2.28. The first-order valence-corrected chi connectivity index (χ1v) is 7.54. The van der Waals surface area contributed by atoms with Gasteiger partial charge in [-0.3, -0.25) is 15.2 Å². The fourth-order valence-corrected chi connectivity index (χ4v) is 3.22. The number of anilines is 1. The maximum atomic E-state index is 12.1. The molecule has 3 N–H and O–H groups in total. The standard InChI is InChI=1S/C12H14N6OS/c19-11(10-15-9(17-18-10)6-1-2-6)16-12-14-7-3-4-13-5-8(7)20-12/h6,13H,1-5H2,(H,14,16,19)(H,15,17,18). The highest BCUT2D eigenvalue weighted by Crippen LogP contribution is 2.37. The van der Waals surface area contributed by atoms with Gasteiger partial charge in [0, 0.05) is 30.3 Å². The fraction of sp³-hybridized carbons (Fsp3) is 0.500. The molecule has 0 unspecified atom stereocenters. The Hall–Kier alpha value is -1.80. The number of hydrogen-bond acceptors (Lipinski definition) is 6. The summed E-state index contributed by atoms with van der Waals surface area (Å²) in [6.45, 7) is 1.77. The Balaban J connectivity index is 1.49. The van der Waals surface area contributed by atoms with E-state index in [1.165, 1.54) is 16.2 Å². The summed E-state index contributed by atoms with van der Waals surface area (Å²) in [4.78, 5) is 22.0. The molecule has 8 heteroatoms. The molecule has 0 spiro atoms. The minimum Gasteiger partial charge on any atom is -0.311 e. The van der Waals surface area contributed by atoms with Gasteiger partial charge in [0.05, 0.1) is 5.69 Å². The van der Waals surface area contributed by atoms with E-state index in [1.807, 2.05) is 0 Å². The van der Waals surface area contributed by atoms with Crippen LogP contribution < -0.4 is 10.6 Å². The zero-order valence-electron chi connectivity index (χ0n) is 10.8. The van der Waals surface area contributed by atoms with Gasteiger partial charge in [-0.15, -0.1) is 16.4 Å². The quantitative estimate of drug-likeness (QED) is 0.785. The van der Waals surface area contributed by atoms with Crippen LogP contribution in [0.5, 0.6) is 0 Å². The molecule has 1 amide bonds. The number of nitrogens with zero attached hydrogens (tertiary/aromatic N) is 3. The topological polar surface area (TPSA) is 95.6 Å². The van der Waals surface area contributed by atoms with Crippen molar-refractivity contribution in [2.45, 2.75) is 31.7 Å². The second kappa shape index (κ2) is 4.64. The lowest BCUT2D eigenvalue weighted by Crippen LogP contribution is -2.22. The molecule has 4 rings (SSSR count). The summed E-state index contributed by atoms with van der Waals surface area (Å²) in [7, 11) is 0. The number of aromatic nitrogens is 4. The van der Waals surface area contributed by atoms with Crippen LogP contribution in [0.15, 0.2) is 0 Å². The van der Waals surface area contributed by atoms with Crippen LogP contribution in [0.4, 0.5) is 5.13 Å². The third-order valence-corrected chi connectivity index (χ3v) is 4.51. The summed E-state index contributed by atoms with van der Waals surface area (Å²) in [5.74, 6) is 1.17. The number of carbonyl (C=O) groups is 1. The van der Waals surface area contributed by atoms with Crippen LogP contribution in [0.3, 0.4) is 0 Å². The van der Waals surface area contributed by atoms with Gasteiger partial charge in [-0.2, -0.15) is 0 Å². The highest BCUT2D eigenvalue weighted by molar-refractivity contribution is 7.15. The summed E-state index contributed by atoms with van der Waals surface area (Å²) >= 11 is 1.51. The first kappa shape index (κ1) is 12.0. The molecule has 0 aromatic carbocycles. The van der Waals surface area contributed by atoms with Crippen LogP contribution >= 0.6 is 11.3 Å². The highest BCUT2D eigenvalue weighted by atomic mass is 32.1. The number of thiazole rings is 1. The van der Waals surface area contributed by atoms with E-state index in [0.29, 0.717) is 11.0 Å². The lowest BCUT2D eigenvalue weighted by atomic mass is 10.2. The summed E-state index contributed by atoms with van der Waals surface area (Å²) < 4.78 is 0. The van der Waals surface area contributed by atoms with E-state index in [-0.39, 0.29) is 11.7 Å². The van der Waals surface area contributed by atoms with Crippen LogP contribution in [0.2, 0.25) is 0 Å². The molecule has 2 aromatic rings. The van der Waals surface area contributed by atoms with E-state index in [0.717, 1.165) is 43.9 Å². The molecule has 20 heavy (non-hydrogen) atoms. The number of carbonyl (C=O) groups excluding carboxylic acids is 1. The van der Waals surface area contributed by atoms with E-state index in [1.54, 1.807) is 0 Å². The maximum Gasteiger partial charge on any atom is 0.297 e. The second-order valence-electron chi connectivity index (χ2n) is 5.09. The van der Waals surface area contributed by atoms with E-state index >= 15 is 0 Å². The molecule has 2 aliphatic rings. The molecule has 104 valence electrons. The molecule has 0 bridgehead atoms. The zero-order valence-corrected chi connectivity index (χ0v) is 11.6. The Bertz CT molecular complexity index is 635. The number of aromatic amines is 1. The Kier molecular flexibility index (Phi) is 2.78. The smallest absolute Gasteiger partial charge is 0.297 e. The molecule has 1 saturated carbocycles. The predicted molar refractivity (Wildman–Crippen MR) is 73.8 cm³/mol. The Labute approximate surface area is 119 Å². The lowest BCUT2D eigenvalue weighted by Gasteiger charge is -2.09. The van der Waals surface area contributed by atoms with E-state index in [4.69, 9.17) is 0 Å². The van der Waals surface area contributed by atoms with Crippen LogP contribution in [0, 0.1) is 0 Å². The van der Waals surface area contributed by atoms with E-state index < -0.39 is 0 Å². The molecule has 0 radical (unpaired) electrons. The lowest BCUT2D eigenvalue weighted by molar-refractivity contribution is 0.101. The van der Waals surface area contributed by atoms with Gasteiger partial charge in [0.15, 0.2) is 5.13 Å². The normalized spacial score (nSPS) is 17.8. The van der Waals surface area contributed by atoms with Gasteiger partial charge in [-0.1, -0.05) is 0 Å². The molecular weight excluding hydrogens is 276 g/mol. The number of amides is 1. The molecule has 0 atom stereocenters. The molecular formula is C12H14N6OS. The van der Waals surface area contributed by atoms with Crippen molar-refractivity contribution in [3.63, 3.8) is 0 Å². The van der Waals surface area contributed by atoms with Gasteiger partial charge in [0.25, 0.3) is 5.91 Å². The van der Waals surface area contributed by atoms with Crippen molar-refractivity contribution in [1.82, 2.24) is 25.5 Å². The van der Waals surface area contributed by atoms with Crippen molar-refractivity contribution >= 4 is 22.4 Å². The third-order valence-electron chi connectivity index (χ3n) is 3.49. The largest absolute Gasteiger partial charge is 0.311 e. The van der Waals surface area contributed by atoms with Gasteiger partial charge in [-0.05, 0) is 12.8 Å². The van der Waals surface area contributed by atoms with Crippen molar-refractivity contribution in [1.29, 1.82) is 0 Å². The Morgan fingerprint density at radius 1 is 1.35 bits per heavy atom. The average Bonchev–Trinajstić information content (AvgIpc) is 3.03. The molecule has 0 saturated heterocycles. The van der Waals surface area contributed by atoms with Crippen molar-refractivity contribution in [2.24, 2.45) is 0 Å². The fourth-order valence-electron chi connectivity index (χ4n) is 2.25. The van der Waals surface area contributed by atoms with Crippen LogP contribution in [0.25, 0.3) is 0 Å². The van der Waals surface area contributed by atoms with Gasteiger partial charge in [-0.25, -0.2) is 9.97 Å². The average molecular weight is 290 g/mol. The second-order valence-corrected chi connectivity index (χ2v) is 6.17. The number of hydrogen-bond donors (Lipinski definition) is 3. The molecule has 1 aliphatic heterocycles. The van der Waals surface area contributed by atoms with Crippen molar-refractivity contribution in [3.8, 4) is 0 Å². The number of nitrogens with one attached hydrogen (secondary N) is 3. The van der Waals surface area contributed by atoms with Crippen LogP contribution in [-0.4, -0.2) is 32.6 Å². The predicted octanol–water partition coefficient (Wildman–Crippen LogP) is 1.04. The number of fused-ring (bicyclic) bond motifs is 1. The summed E-state index contributed by atoms with van der Waals surface area (Å²) in [6, 6.07) is 0. The Morgan fingerprint density at radius 2 is 2.25 bits per heavy atom. The molecule has 1 fully saturated rings. The summed E-state index contributed by atoms with van der Waals surface area (Å²) in [5.41, 5.74) is 1.08. The minimum absolute atomic E-state index is 0.193. The van der Waals surface area contributed by atoms with Gasteiger partial charge in [0.2, 0.25) is 5.82 Å². The maximum absolute atomic E-state index is 12.1.